The number of nitrogens with zero attached hydrogens (tertiary/aromatic N) is 3. The topological polar surface area (TPSA) is 59.8 Å². The molecule has 1 aromatic carbocycles. The number of fused-ring (bicyclic) bond motifs is 1. The van der Waals surface area contributed by atoms with Crippen molar-refractivity contribution in [3.05, 3.63) is 52.3 Å². The minimum Gasteiger partial charge on any atom is -0.321 e. The largest absolute Gasteiger partial charge is 0.321 e. The molecule has 0 unspecified atom stereocenters. The lowest BCUT2D eigenvalue weighted by Crippen LogP contribution is -2.13. The van der Waals surface area contributed by atoms with Gasteiger partial charge in [0.25, 0.3) is 5.91 Å². The first-order valence-electron chi connectivity index (χ1n) is 7.36. The Hall–Kier alpha value is -2.21. The van der Waals surface area contributed by atoms with Gasteiger partial charge < -0.3 is 5.32 Å². The number of aromatic nitrogens is 3. The van der Waals surface area contributed by atoms with E-state index in [0.29, 0.717) is 11.3 Å². The number of aryl methyl sites for hydroxylation is 1. The molecule has 3 rings (SSSR count). The predicted molar refractivity (Wildman–Crippen MR) is 94.7 cm³/mol. The van der Waals surface area contributed by atoms with Crippen molar-refractivity contribution < 1.29 is 4.79 Å². The number of benzene rings is 1. The van der Waals surface area contributed by atoms with Gasteiger partial charge in [0.2, 0.25) is 0 Å². The van der Waals surface area contributed by atoms with E-state index in [1.807, 2.05) is 29.8 Å². The summed E-state index contributed by atoms with van der Waals surface area (Å²) in [4.78, 5) is 16.8. The summed E-state index contributed by atoms with van der Waals surface area (Å²) in [5.74, 6) is -0.146. The first-order valence-corrected chi connectivity index (χ1v) is 8.16. The first-order chi connectivity index (χ1) is 11.0. The highest BCUT2D eigenvalue weighted by molar-refractivity contribution is 9.10. The monoisotopic (exact) mass is 372 g/mol. The highest BCUT2D eigenvalue weighted by Gasteiger charge is 2.12. The molecular weight excluding hydrogens is 356 g/mol. The minimum absolute atomic E-state index is 0.146. The van der Waals surface area contributed by atoms with E-state index in [4.69, 9.17) is 0 Å². The summed E-state index contributed by atoms with van der Waals surface area (Å²) in [6.07, 6.45) is 3.43. The summed E-state index contributed by atoms with van der Waals surface area (Å²) in [6, 6.07) is 7.71. The molecule has 0 aliphatic carbocycles. The third kappa shape index (κ3) is 3.12. The van der Waals surface area contributed by atoms with Crippen LogP contribution in [0.5, 0.6) is 0 Å². The van der Waals surface area contributed by atoms with Gasteiger partial charge in [-0.3, -0.25) is 4.79 Å². The number of hydrogen-bond donors (Lipinski definition) is 1. The molecule has 0 radical (unpaired) electrons. The van der Waals surface area contributed by atoms with E-state index in [2.05, 4.69) is 45.2 Å². The van der Waals surface area contributed by atoms with Gasteiger partial charge in [-0.05, 0) is 50.6 Å². The lowest BCUT2D eigenvalue weighted by Gasteiger charge is -2.09. The number of pyridine rings is 1. The molecule has 1 amide bonds. The molecule has 2 aromatic heterocycles. The van der Waals surface area contributed by atoms with Gasteiger partial charge >= 0.3 is 0 Å². The molecule has 0 aliphatic rings. The second-order valence-electron chi connectivity index (χ2n) is 5.73. The van der Waals surface area contributed by atoms with Crippen molar-refractivity contribution in [2.45, 2.75) is 26.8 Å². The Bertz CT molecular complexity index is 885. The number of anilines is 1. The number of rotatable bonds is 3. The Morgan fingerprint density at radius 3 is 2.74 bits per heavy atom. The molecule has 0 bridgehead atoms. The maximum absolute atomic E-state index is 12.4. The van der Waals surface area contributed by atoms with Crippen molar-refractivity contribution in [1.29, 1.82) is 0 Å². The van der Waals surface area contributed by atoms with Crippen LogP contribution in [0.3, 0.4) is 0 Å². The molecule has 23 heavy (non-hydrogen) atoms. The molecule has 3 aromatic rings. The second kappa shape index (κ2) is 6.12. The van der Waals surface area contributed by atoms with Crippen molar-refractivity contribution >= 4 is 38.6 Å². The van der Waals surface area contributed by atoms with E-state index in [9.17, 15) is 4.79 Å². The van der Waals surface area contributed by atoms with Crippen molar-refractivity contribution in [1.82, 2.24) is 14.8 Å². The van der Waals surface area contributed by atoms with Crippen LogP contribution >= 0.6 is 15.9 Å². The molecule has 0 saturated heterocycles. The minimum atomic E-state index is -0.146. The zero-order valence-corrected chi connectivity index (χ0v) is 14.8. The van der Waals surface area contributed by atoms with Crippen LogP contribution in [0.4, 0.5) is 5.69 Å². The molecule has 1 N–H and O–H groups in total. The molecule has 0 aliphatic heterocycles. The van der Waals surface area contributed by atoms with E-state index >= 15 is 0 Å². The molecule has 6 heteroatoms. The van der Waals surface area contributed by atoms with Crippen LogP contribution in [0, 0.1) is 6.92 Å². The number of amides is 1. The SMILES string of the molecule is Cc1cc(Br)ccc1C(=O)Nc1cnc2c(cnn2C(C)C)c1. The Morgan fingerprint density at radius 1 is 1.26 bits per heavy atom. The summed E-state index contributed by atoms with van der Waals surface area (Å²) >= 11 is 3.40. The Labute approximate surface area is 142 Å². The number of nitrogens with one attached hydrogen (secondary N) is 1. The zero-order valence-electron chi connectivity index (χ0n) is 13.2. The summed E-state index contributed by atoms with van der Waals surface area (Å²) in [5.41, 5.74) is 3.04. The fourth-order valence-corrected chi connectivity index (χ4v) is 2.94. The maximum atomic E-state index is 12.4. The van der Waals surface area contributed by atoms with Crippen LogP contribution < -0.4 is 5.32 Å². The molecule has 0 atom stereocenters. The fourth-order valence-electron chi connectivity index (χ4n) is 2.47. The van der Waals surface area contributed by atoms with E-state index < -0.39 is 0 Å². The van der Waals surface area contributed by atoms with Crippen LogP contribution in [0.15, 0.2) is 41.1 Å². The van der Waals surface area contributed by atoms with Gasteiger partial charge in [0.15, 0.2) is 5.65 Å². The van der Waals surface area contributed by atoms with Crippen molar-refractivity contribution in [2.75, 3.05) is 5.32 Å². The van der Waals surface area contributed by atoms with Crippen molar-refractivity contribution in [3.8, 4) is 0 Å². The third-order valence-corrected chi connectivity index (χ3v) is 4.11. The van der Waals surface area contributed by atoms with Crippen LogP contribution in [0.25, 0.3) is 11.0 Å². The number of carbonyl (C=O) groups is 1. The summed E-state index contributed by atoms with van der Waals surface area (Å²) < 4.78 is 2.82. The number of carbonyl (C=O) groups excluding carboxylic acids is 1. The molecule has 2 heterocycles. The van der Waals surface area contributed by atoms with E-state index in [1.54, 1.807) is 18.5 Å². The van der Waals surface area contributed by atoms with E-state index in [0.717, 1.165) is 21.1 Å². The molecule has 0 fully saturated rings. The Balaban J connectivity index is 1.88. The smallest absolute Gasteiger partial charge is 0.255 e. The zero-order chi connectivity index (χ0) is 16.6. The van der Waals surface area contributed by atoms with Gasteiger partial charge in [0.05, 0.1) is 18.1 Å². The lowest BCUT2D eigenvalue weighted by molar-refractivity contribution is 0.102. The standard InChI is InChI=1S/C17H17BrN4O/c1-10(2)22-16-12(8-20-22)7-14(9-19-16)21-17(23)15-5-4-13(18)6-11(15)3/h4-10H,1-3H3,(H,21,23). The summed E-state index contributed by atoms with van der Waals surface area (Å²) in [7, 11) is 0. The second-order valence-corrected chi connectivity index (χ2v) is 6.65. The van der Waals surface area contributed by atoms with Crippen LogP contribution in [-0.2, 0) is 0 Å². The van der Waals surface area contributed by atoms with E-state index in [1.165, 1.54) is 0 Å². The molecule has 5 nitrogen and oxygen atoms in total. The van der Waals surface area contributed by atoms with Crippen LogP contribution in [0.2, 0.25) is 0 Å². The average Bonchev–Trinajstić information content (AvgIpc) is 2.90. The highest BCUT2D eigenvalue weighted by atomic mass is 79.9. The van der Waals surface area contributed by atoms with Gasteiger partial charge in [-0.15, -0.1) is 0 Å². The highest BCUT2D eigenvalue weighted by Crippen LogP contribution is 2.21. The lowest BCUT2D eigenvalue weighted by atomic mass is 10.1. The van der Waals surface area contributed by atoms with Gasteiger partial charge in [0.1, 0.15) is 0 Å². The Kier molecular flexibility index (Phi) is 4.17. The maximum Gasteiger partial charge on any atom is 0.255 e. The fraction of sp³-hybridized carbons (Fsp3) is 0.235. The van der Waals surface area contributed by atoms with Crippen LogP contribution in [0.1, 0.15) is 35.8 Å². The van der Waals surface area contributed by atoms with E-state index in [-0.39, 0.29) is 11.9 Å². The van der Waals surface area contributed by atoms with Gasteiger partial charge in [-0.25, -0.2) is 9.67 Å². The number of halogens is 1. The molecule has 0 saturated carbocycles. The van der Waals surface area contributed by atoms with Gasteiger partial charge in [0, 0.05) is 21.5 Å². The van der Waals surface area contributed by atoms with Gasteiger partial charge in [-0.1, -0.05) is 15.9 Å². The van der Waals surface area contributed by atoms with Crippen LogP contribution in [-0.4, -0.2) is 20.7 Å². The summed E-state index contributed by atoms with van der Waals surface area (Å²) in [6.45, 7) is 6.02. The van der Waals surface area contributed by atoms with Gasteiger partial charge in [-0.2, -0.15) is 5.10 Å². The Morgan fingerprint density at radius 2 is 2.04 bits per heavy atom. The first kappa shape index (κ1) is 15.7. The summed E-state index contributed by atoms with van der Waals surface area (Å²) in [5, 5.41) is 8.14. The van der Waals surface area contributed by atoms with Crippen molar-refractivity contribution in [2.24, 2.45) is 0 Å². The molecule has 118 valence electrons. The molecule has 0 spiro atoms. The van der Waals surface area contributed by atoms with Crippen molar-refractivity contribution in [3.63, 3.8) is 0 Å². The predicted octanol–water partition coefficient (Wildman–Crippen LogP) is 4.34. The average molecular weight is 373 g/mol. The number of hydrogen-bond acceptors (Lipinski definition) is 3. The normalized spacial score (nSPS) is 11.2. The molecular formula is C17H17BrN4O. The third-order valence-electron chi connectivity index (χ3n) is 3.61. The quantitative estimate of drug-likeness (QED) is 0.743.